The molecule has 1 N–H and O–H groups in total. The number of hydrogen-bond acceptors (Lipinski definition) is 8. The predicted molar refractivity (Wildman–Crippen MR) is 116 cm³/mol. The van der Waals surface area contributed by atoms with E-state index in [1.807, 2.05) is 0 Å². The summed E-state index contributed by atoms with van der Waals surface area (Å²) in [6.45, 7) is 1.59. The number of nitrogens with zero attached hydrogens (tertiary/aromatic N) is 4. The van der Waals surface area contributed by atoms with E-state index in [2.05, 4.69) is 25.1 Å². The number of aromatic nitrogens is 4. The van der Waals surface area contributed by atoms with E-state index >= 15 is 0 Å². The first-order valence-corrected chi connectivity index (χ1v) is 10.9. The largest absolute Gasteiger partial charge is 0.465 e. The summed E-state index contributed by atoms with van der Waals surface area (Å²) in [4.78, 5) is 33.8. The number of carbonyl (C=O) groups excluding carboxylic acids is 2. The summed E-state index contributed by atoms with van der Waals surface area (Å²) >= 11 is 2.22. The normalized spacial score (nSPS) is 11.4. The van der Waals surface area contributed by atoms with E-state index in [0.29, 0.717) is 10.6 Å². The Morgan fingerprint density at radius 2 is 1.94 bits per heavy atom. The zero-order valence-corrected chi connectivity index (χ0v) is 18.6. The van der Waals surface area contributed by atoms with Crippen LogP contribution in [0.3, 0.4) is 0 Å². The molecule has 0 fully saturated rings. The van der Waals surface area contributed by atoms with Crippen LogP contribution in [0.25, 0.3) is 16.4 Å². The summed E-state index contributed by atoms with van der Waals surface area (Å²) in [5, 5.41) is 8.57. The fraction of sp³-hybridized carbons (Fsp3) is 0.150. The zero-order valence-electron chi connectivity index (χ0n) is 17.0. The number of esters is 1. The van der Waals surface area contributed by atoms with Crippen LogP contribution < -0.4 is 5.32 Å². The van der Waals surface area contributed by atoms with Gasteiger partial charge in [0.15, 0.2) is 11.0 Å². The van der Waals surface area contributed by atoms with Crippen LogP contribution in [-0.2, 0) is 10.9 Å². The Bertz CT molecular complexity index is 1330. The number of benzene rings is 1. The Labute approximate surface area is 192 Å². The lowest BCUT2D eigenvalue weighted by atomic mass is 10.2. The van der Waals surface area contributed by atoms with E-state index < -0.39 is 23.6 Å². The summed E-state index contributed by atoms with van der Waals surface area (Å²) in [7, 11) is 1.23. The van der Waals surface area contributed by atoms with Gasteiger partial charge in [-0.15, -0.1) is 16.4 Å². The summed E-state index contributed by atoms with van der Waals surface area (Å²) < 4.78 is 45.5. The minimum atomic E-state index is -4.54. The van der Waals surface area contributed by atoms with E-state index in [-0.39, 0.29) is 27.3 Å². The van der Waals surface area contributed by atoms with E-state index in [4.69, 9.17) is 0 Å². The van der Waals surface area contributed by atoms with Gasteiger partial charge in [-0.2, -0.15) is 13.2 Å². The molecule has 3 heterocycles. The molecule has 0 aliphatic rings. The van der Waals surface area contributed by atoms with Gasteiger partial charge in [-0.3, -0.25) is 10.1 Å². The van der Waals surface area contributed by atoms with Crippen LogP contribution in [0, 0.1) is 6.92 Å². The first-order chi connectivity index (χ1) is 15.7. The third kappa shape index (κ3) is 4.64. The molecule has 13 heteroatoms. The van der Waals surface area contributed by atoms with Gasteiger partial charge >= 0.3 is 12.1 Å². The number of thiazole rings is 1. The van der Waals surface area contributed by atoms with Gasteiger partial charge in [0.2, 0.25) is 5.82 Å². The second-order valence-electron chi connectivity index (χ2n) is 6.58. The van der Waals surface area contributed by atoms with Crippen molar-refractivity contribution in [2.75, 3.05) is 12.4 Å². The Hall–Kier alpha value is -3.58. The number of amides is 1. The Morgan fingerprint density at radius 3 is 2.61 bits per heavy atom. The highest BCUT2D eigenvalue weighted by molar-refractivity contribution is 7.17. The van der Waals surface area contributed by atoms with Crippen LogP contribution in [0.2, 0.25) is 0 Å². The minimum Gasteiger partial charge on any atom is -0.465 e. The van der Waals surface area contributed by atoms with Crippen LogP contribution >= 0.6 is 22.7 Å². The fourth-order valence-corrected chi connectivity index (χ4v) is 4.43. The SMILES string of the molecule is COC(=O)c1sc(NC(=O)c2nc(-c3cccs3)n(-c3cccc(C(F)(F)F)c3)n2)nc1C. The number of alkyl halides is 3. The highest BCUT2D eigenvalue weighted by Crippen LogP contribution is 2.32. The molecule has 4 aromatic rings. The molecule has 1 amide bonds. The molecule has 0 bridgehead atoms. The van der Waals surface area contributed by atoms with Gasteiger partial charge in [-0.1, -0.05) is 23.5 Å². The van der Waals surface area contributed by atoms with Gasteiger partial charge in [0.1, 0.15) is 4.88 Å². The second-order valence-corrected chi connectivity index (χ2v) is 8.52. The number of carbonyl (C=O) groups is 2. The van der Waals surface area contributed by atoms with Crippen LogP contribution in [0.1, 0.15) is 31.5 Å². The van der Waals surface area contributed by atoms with Crippen molar-refractivity contribution in [3.63, 3.8) is 0 Å². The van der Waals surface area contributed by atoms with Crippen LogP contribution in [-0.4, -0.2) is 38.7 Å². The number of nitrogens with one attached hydrogen (secondary N) is 1. The number of rotatable bonds is 5. The molecule has 0 saturated carbocycles. The molecule has 0 saturated heterocycles. The zero-order chi connectivity index (χ0) is 23.8. The van der Waals surface area contributed by atoms with Crippen molar-refractivity contribution in [2.45, 2.75) is 13.1 Å². The van der Waals surface area contributed by atoms with Crippen molar-refractivity contribution >= 4 is 39.7 Å². The fourth-order valence-electron chi connectivity index (χ4n) is 2.85. The molecular formula is C20H14F3N5O3S2. The number of ether oxygens (including phenoxy) is 1. The molecule has 8 nitrogen and oxygen atoms in total. The van der Waals surface area contributed by atoms with Crippen molar-refractivity contribution in [3.8, 4) is 16.4 Å². The standard InChI is InChI=1S/C20H14F3N5O3S2/c1-10-14(18(30)31-2)33-19(24-10)26-17(29)15-25-16(13-7-4-8-32-13)28(27-15)12-6-3-5-11(9-12)20(21,22)23/h3-9H,1-2H3,(H,24,26,29). The van der Waals surface area contributed by atoms with Crippen LogP contribution in [0.5, 0.6) is 0 Å². The number of anilines is 1. The molecule has 170 valence electrons. The van der Waals surface area contributed by atoms with Gasteiger partial charge in [0.05, 0.1) is 28.9 Å². The predicted octanol–water partition coefficient (Wildman–Crippen LogP) is 4.82. The number of thiophene rings is 1. The highest BCUT2D eigenvalue weighted by Gasteiger charge is 2.31. The molecule has 3 aromatic heterocycles. The molecule has 0 aliphatic carbocycles. The maximum absolute atomic E-state index is 13.2. The molecule has 33 heavy (non-hydrogen) atoms. The molecule has 1 aromatic carbocycles. The molecular weight excluding hydrogens is 479 g/mol. The molecule has 0 radical (unpaired) electrons. The third-order valence-corrected chi connectivity index (χ3v) is 6.28. The molecule has 4 rings (SSSR count). The van der Waals surface area contributed by atoms with E-state index in [9.17, 15) is 22.8 Å². The average Bonchev–Trinajstić information content (AvgIpc) is 3.52. The Morgan fingerprint density at radius 1 is 1.15 bits per heavy atom. The minimum absolute atomic E-state index is 0.0952. The smallest absolute Gasteiger partial charge is 0.416 e. The Kier molecular flexibility index (Phi) is 5.99. The van der Waals surface area contributed by atoms with E-state index in [0.717, 1.165) is 23.5 Å². The van der Waals surface area contributed by atoms with Crippen molar-refractivity contribution in [3.05, 3.63) is 63.7 Å². The summed E-state index contributed by atoms with van der Waals surface area (Å²) in [6.07, 6.45) is -4.54. The molecule has 0 spiro atoms. The first-order valence-electron chi connectivity index (χ1n) is 9.23. The maximum Gasteiger partial charge on any atom is 0.416 e. The molecule has 0 aliphatic heterocycles. The summed E-state index contributed by atoms with van der Waals surface area (Å²) in [5.41, 5.74) is -0.381. The molecule has 0 unspecified atom stereocenters. The van der Waals surface area contributed by atoms with E-state index in [1.54, 1.807) is 24.4 Å². The van der Waals surface area contributed by atoms with Crippen molar-refractivity contribution in [1.29, 1.82) is 0 Å². The topological polar surface area (TPSA) is 99.0 Å². The van der Waals surface area contributed by atoms with Crippen molar-refractivity contribution < 1.29 is 27.5 Å². The van der Waals surface area contributed by atoms with Crippen LogP contribution in [0.15, 0.2) is 41.8 Å². The van der Waals surface area contributed by atoms with Crippen molar-refractivity contribution in [1.82, 2.24) is 19.7 Å². The summed E-state index contributed by atoms with van der Waals surface area (Å²) in [5.74, 6) is -1.38. The lowest BCUT2D eigenvalue weighted by molar-refractivity contribution is -0.137. The first kappa shape index (κ1) is 22.6. The monoisotopic (exact) mass is 493 g/mol. The van der Waals surface area contributed by atoms with Gasteiger partial charge in [0, 0.05) is 0 Å². The van der Waals surface area contributed by atoms with Crippen molar-refractivity contribution in [2.24, 2.45) is 0 Å². The highest BCUT2D eigenvalue weighted by atomic mass is 32.1. The van der Waals surface area contributed by atoms with E-state index in [1.165, 1.54) is 35.3 Å². The number of aryl methyl sites for hydroxylation is 1. The van der Waals surface area contributed by atoms with Crippen LogP contribution in [0.4, 0.5) is 18.3 Å². The number of hydrogen-bond donors (Lipinski definition) is 1. The lowest BCUT2D eigenvalue weighted by Gasteiger charge is -2.09. The number of halogens is 3. The van der Waals surface area contributed by atoms with Gasteiger partial charge < -0.3 is 4.74 Å². The Balaban J connectivity index is 1.71. The van der Waals surface area contributed by atoms with Gasteiger partial charge in [-0.25, -0.2) is 19.4 Å². The molecule has 0 atom stereocenters. The summed E-state index contributed by atoms with van der Waals surface area (Å²) in [6, 6.07) is 8.04. The van der Waals surface area contributed by atoms with Gasteiger partial charge in [0.25, 0.3) is 5.91 Å². The second kappa shape index (κ2) is 8.75. The number of methoxy groups -OCH3 is 1. The quantitative estimate of drug-likeness (QED) is 0.401. The maximum atomic E-state index is 13.2. The van der Waals surface area contributed by atoms with Gasteiger partial charge in [-0.05, 0) is 36.6 Å². The lowest BCUT2D eigenvalue weighted by Crippen LogP contribution is -2.14. The third-order valence-electron chi connectivity index (χ3n) is 4.36. The average molecular weight is 493 g/mol.